The monoisotopic (exact) mass is 491 g/mol. The zero-order chi connectivity index (χ0) is 24.8. The van der Waals surface area contributed by atoms with Gasteiger partial charge in [-0.15, -0.1) is 11.3 Å². The molecule has 0 fully saturated rings. The van der Waals surface area contributed by atoms with Gasteiger partial charge in [-0.05, 0) is 38.0 Å². The van der Waals surface area contributed by atoms with E-state index in [2.05, 4.69) is 20.5 Å². The number of primary amides is 1. The van der Waals surface area contributed by atoms with Gasteiger partial charge in [0.1, 0.15) is 21.9 Å². The van der Waals surface area contributed by atoms with Crippen molar-refractivity contribution in [2.24, 2.45) is 5.73 Å². The summed E-state index contributed by atoms with van der Waals surface area (Å²) in [5.74, 6) is -1.43. The number of hydrogen-bond donors (Lipinski definition) is 2. The molecular formula is C21H20F3N7O2S. The molecule has 3 N–H and O–H groups in total. The van der Waals surface area contributed by atoms with Crippen molar-refractivity contribution in [3.63, 3.8) is 0 Å². The molecule has 13 heteroatoms. The van der Waals surface area contributed by atoms with Gasteiger partial charge in [0.25, 0.3) is 5.91 Å². The highest BCUT2D eigenvalue weighted by Crippen LogP contribution is 2.44. The van der Waals surface area contributed by atoms with Gasteiger partial charge in [0.05, 0.1) is 17.6 Å². The van der Waals surface area contributed by atoms with Gasteiger partial charge in [-0.1, -0.05) is 0 Å². The van der Waals surface area contributed by atoms with Crippen LogP contribution in [0, 0.1) is 13.8 Å². The van der Waals surface area contributed by atoms with Gasteiger partial charge in [-0.2, -0.15) is 23.4 Å². The molecule has 9 nitrogen and oxygen atoms in total. The van der Waals surface area contributed by atoms with Crippen molar-refractivity contribution in [1.29, 1.82) is 0 Å². The molecular weight excluding hydrogens is 471 g/mol. The number of amides is 2. The molecule has 0 atom stereocenters. The van der Waals surface area contributed by atoms with Crippen LogP contribution in [0.4, 0.5) is 18.9 Å². The van der Waals surface area contributed by atoms with Gasteiger partial charge >= 0.3 is 6.18 Å². The maximum atomic E-state index is 13.7. The highest BCUT2D eigenvalue weighted by molar-refractivity contribution is 7.21. The van der Waals surface area contributed by atoms with E-state index in [0.717, 1.165) is 11.6 Å². The van der Waals surface area contributed by atoms with Gasteiger partial charge in [-0.3, -0.25) is 19.0 Å². The molecule has 0 unspecified atom stereocenters. The lowest BCUT2D eigenvalue weighted by Crippen LogP contribution is -2.21. The second-order valence-electron chi connectivity index (χ2n) is 7.65. The number of nitrogens with zero attached hydrogens (tertiary/aromatic N) is 5. The summed E-state index contributed by atoms with van der Waals surface area (Å²) in [6.45, 7) is 5.66. The number of halogens is 3. The first-order valence-electron chi connectivity index (χ1n) is 10.2. The summed E-state index contributed by atoms with van der Waals surface area (Å²) in [7, 11) is 0. The molecule has 4 heterocycles. The SMILES string of the molecule is CCn1cc(-c2cc(C(F)(F)F)nc3sc(C(N)=O)c(NC(=O)Cn4cc(C)cn4)c23)c(C)n1. The van der Waals surface area contributed by atoms with E-state index in [-0.39, 0.29) is 32.9 Å². The summed E-state index contributed by atoms with van der Waals surface area (Å²) in [6.07, 6.45) is 0.127. The molecule has 4 aromatic heterocycles. The number of carbonyl (C=O) groups excluding carboxylic acids is 2. The second-order valence-corrected chi connectivity index (χ2v) is 8.65. The number of fused-ring (bicyclic) bond motifs is 1. The van der Waals surface area contributed by atoms with Crippen molar-refractivity contribution in [3.05, 3.63) is 46.5 Å². The molecule has 0 aromatic carbocycles. The van der Waals surface area contributed by atoms with Crippen molar-refractivity contribution < 1.29 is 22.8 Å². The Bertz CT molecular complexity index is 1420. The fourth-order valence-corrected chi connectivity index (χ4v) is 4.58. The van der Waals surface area contributed by atoms with Crippen LogP contribution in [0.1, 0.15) is 33.5 Å². The lowest BCUT2D eigenvalue weighted by molar-refractivity contribution is -0.140. The number of pyridine rings is 1. The minimum absolute atomic E-state index is 0.0150. The van der Waals surface area contributed by atoms with E-state index in [1.54, 1.807) is 30.2 Å². The van der Waals surface area contributed by atoms with E-state index in [1.165, 1.54) is 4.68 Å². The molecule has 0 aliphatic rings. The molecule has 34 heavy (non-hydrogen) atoms. The molecule has 4 rings (SSSR count). The standard InChI is InChI=1S/C21H20F3N7O2S/c1-4-30-8-13(11(3)29-30)12-5-14(21(22,23)24)27-20-16(12)17(18(34-20)19(25)33)28-15(32)9-31-7-10(2)6-26-31/h5-8H,4,9H2,1-3H3,(H2,25,33)(H,28,32). The summed E-state index contributed by atoms with van der Waals surface area (Å²) >= 11 is 0.692. The lowest BCUT2D eigenvalue weighted by Gasteiger charge is -2.12. The number of thiophene rings is 1. The van der Waals surface area contributed by atoms with Gasteiger partial charge in [0.15, 0.2) is 0 Å². The van der Waals surface area contributed by atoms with Gasteiger partial charge in [-0.25, -0.2) is 4.98 Å². The molecule has 0 aliphatic heterocycles. The first-order valence-corrected chi connectivity index (χ1v) is 11.0. The molecule has 2 amide bonds. The fourth-order valence-electron chi connectivity index (χ4n) is 3.57. The van der Waals surface area contributed by atoms with Crippen molar-refractivity contribution in [1.82, 2.24) is 24.5 Å². The highest BCUT2D eigenvalue weighted by Gasteiger charge is 2.35. The number of anilines is 1. The normalized spacial score (nSPS) is 11.8. The lowest BCUT2D eigenvalue weighted by atomic mass is 10.0. The predicted octanol–water partition coefficient (Wildman–Crippen LogP) is 3.75. The number of nitrogens with two attached hydrogens (primary N) is 1. The number of rotatable bonds is 6. The van der Waals surface area contributed by atoms with E-state index < -0.39 is 23.7 Å². The van der Waals surface area contributed by atoms with E-state index in [1.807, 2.05) is 13.8 Å². The zero-order valence-corrected chi connectivity index (χ0v) is 19.2. The van der Waals surface area contributed by atoms with Gasteiger partial charge in [0.2, 0.25) is 5.91 Å². The Kier molecular flexibility index (Phi) is 5.89. The third-order valence-corrected chi connectivity index (χ3v) is 6.17. The van der Waals surface area contributed by atoms with Crippen molar-refractivity contribution in [3.8, 4) is 11.1 Å². The van der Waals surface area contributed by atoms with Crippen LogP contribution in [-0.4, -0.2) is 36.4 Å². The minimum atomic E-state index is -4.73. The van der Waals surface area contributed by atoms with Gasteiger partial charge < -0.3 is 11.1 Å². The summed E-state index contributed by atoms with van der Waals surface area (Å²) in [5.41, 5.74) is 6.30. The van der Waals surface area contributed by atoms with E-state index in [4.69, 9.17) is 5.73 Å². The van der Waals surface area contributed by atoms with E-state index in [9.17, 15) is 22.8 Å². The Morgan fingerprint density at radius 2 is 1.91 bits per heavy atom. The maximum Gasteiger partial charge on any atom is 0.433 e. The van der Waals surface area contributed by atoms with Crippen LogP contribution in [0.15, 0.2) is 24.7 Å². The van der Waals surface area contributed by atoms with Crippen LogP contribution >= 0.6 is 11.3 Å². The van der Waals surface area contributed by atoms with Crippen LogP contribution in [0.2, 0.25) is 0 Å². The van der Waals surface area contributed by atoms with Crippen molar-refractivity contribution in [2.45, 2.75) is 40.0 Å². The summed E-state index contributed by atoms with van der Waals surface area (Å²) < 4.78 is 44.0. The quantitative estimate of drug-likeness (QED) is 0.426. The molecule has 0 saturated heterocycles. The average Bonchev–Trinajstić information content (AvgIpc) is 3.43. The summed E-state index contributed by atoms with van der Waals surface area (Å²) in [4.78, 5) is 28.5. The number of aromatic nitrogens is 5. The number of nitrogens with one attached hydrogen (secondary N) is 1. The van der Waals surface area contributed by atoms with E-state index >= 15 is 0 Å². The molecule has 0 spiro atoms. The number of carbonyl (C=O) groups is 2. The Morgan fingerprint density at radius 1 is 1.18 bits per heavy atom. The number of alkyl halides is 3. The predicted molar refractivity (Wildman–Crippen MR) is 120 cm³/mol. The summed E-state index contributed by atoms with van der Waals surface area (Å²) in [5, 5.41) is 11.2. The van der Waals surface area contributed by atoms with Gasteiger partial charge in [0, 0.05) is 29.9 Å². The van der Waals surface area contributed by atoms with Crippen LogP contribution in [0.5, 0.6) is 0 Å². The number of aryl methyl sites for hydroxylation is 3. The smallest absolute Gasteiger partial charge is 0.365 e. The van der Waals surface area contributed by atoms with Crippen LogP contribution in [0.3, 0.4) is 0 Å². The molecule has 0 saturated carbocycles. The molecule has 178 valence electrons. The molecule has 0 radical (unpaired) electrons. The largest absolute Gasteiger partial charge is 0.433 e. The zero-order valence-electron chi connectivity index (χ0n) is 18.4. The van der Waals surface area contributed by atoms with E-state index in [0.29, 0.717) is 29.1 Å². The number of hydrogen-bond acceptors (Lipinski definition) is 6. The van der Waals surface area contributed by atoms with Crippen LogP contribution in [-0.2, 0) is 24.1 Å². The third kappa shape index (κ3) is 4.38. The topological polar surface area (TPSA) is 121 Å². The first kappa shape index (κ1) is 23.4. The average molecular weight is 491 g/mol. The maximum absolute atomic E-state index is 13.7. The second kappa shape index (κ2) is 8.56. The molecule has 4 aromatic rings. The van der Waals surface area contributed by atoms with Crippen molar-refractivity contribution in [2.75, 3.05) is 5.32 Å². The Morgan fingerprint density at radius 3 is 2.47 bits per heavy atom. The minimum Gasteiger partial charge on any atom is -0.365 e. The molecule has 0 aliphatic carbocycles. The Balaban J connectivity index is 1.93. The fraction of sp³-hybridized carbons (Fsp3) is 0.286. The third-order valence-electron chi connectivity index (χ3n) is 5.07. The highest BCUT2D eigenvalue weighted by atomic mass is 32.1. The van der Waals surface area contributed by atoms with Crippen LogP contribution in [0.25, 0.3) is 21.3 Å². The first-order chi connectivity index (χ1) is 16.0. The Labute approximate surface area is 195 Å². The Hall–Kier alpha value is -3.74. The van der Waals surface area contributed by atoms with Crippen molar-refractivity contribution >= 4 is 39.1 Å². The molecule has 0 bridgehead atoms. The van der Waals surface area contributed by atoms with Crippen LogP contribution < -0.4 is 11.1 Å². The summed E-state index contributed by atoms with van der Waals surface area (Å²) in [6, 6.07) is 0.899.